The topological polar surface area (TPSA) is 61.2 Å². The zero-order valence-electron chi connectivity index (χ0n) is 15.2. The first-order valence-electron chi connectivity index (χ1n) is 8.44. The zero-order chi connectivity index (χ0) is 19.4. The smallest absolute Gasteiger partial charge is 0.316 e. The van der Waals surface area contributed by atoms with Gasteiger partial charge in [0.15, 0.2) is 10.9 Å². The average molecular weight is 401 g/mol. The fraction of sp³-hybridized carbons (Fsp3) is 0.250. The van der Waals surface area contributed by atoms with Crippen molar-refractivity contribution in [1.29, 1.82) is 0 Å². The third kappa shape index (κ3) is 4.48. The lowest BCUT2D eigenvalue weighted by atomic mass is 10.1. The highest BCUT2D eigenvalue weighted by molar-refractivity contribution is 8.01. The monoisotopic (exact) mass is 400 g/mol. The minimum absolute atomic E-state index is 0.128. The minimum Gasteiger partial charge on any atom is -0.457 e. The number of Topliss-reactive ketones (excluding diaryl/α,β-unsaturated/α-hetero) is 1. The number of esters is 1. The second-order valence-corrected chi connectivity index (χ2v) is 8.26. The normalized spacial score (nSPS) is 10.9. The lowest BCUT2D eigenvalue weighted by Crippen LogP contribution is -2.16. The molecule has 3 aromatic rings. The van der Waals surface area contributed by atoms with Crippen molar-refractivity contribution in [1.82, 2.24) is 9.55 Å². The molecule has 27 heavy (non-hydrogen) atoms. The molecule has 0 unspecified atom stereocenters. The fourth-order valence-electron chi connectivity index (χ4n) is 2.79. The number of aromatic nitrogens is 2. The van der Waals surface area contributed by atoms with Gasteiger partial charge in [0.25, 0.3) is 0 Å². The molecule has 140 valence electrons. The molecule has 2 aromatic heterocycles. The van der Waals surface area contributed by atoms with E-state index in [0.717, 1.165) is 25.9 Å². The highest BCUT2D eigenvalue weighted by Crippen LogP contribution is 2.29. The van der Waals surface area contributed by atoms with E-state index in [4.69, 9.17) is 4.74 Å². The van der Waals surface area contributed by atoms with E-state index >= 15 is 0 Å². The summed E-state index contributed by atoms with van der Waals surface area (Å²) in [6, 6.07) is 9.65. The van der Waals surface area contributed by atoms with Crippen LogP contribution in [0.4, 0.5) is 0 Å². The Hall–Kier alpha value is -2.38. The fourth-order valence-corrected chi connectivity index (χ4v) is 4.66. The summed E-state index contributed by atoms with van der Waals surface area (Å²) in [4.78, 5) is 28.9. The third-order valence-corrected chi connectivity index (χ3v) is 6.29. The molecular formula is C20H20N2O3S2. The van der Waals surface area contributed by atoms with Crippen LogP contribution in [-0.4, -0.2) is 33.7 Å². The Morgan fingerprint density at radius 3 is 2.85 bits per heavy atom. The van der Waals surface area contributed by atoms with E-state index in [1.54, 1.807) is 6.08 Å². The van der Waals surface area contributed by atoms with Crippen molar-refractivity contribution in [3.8, 4) is 0 Å². The van der Waals surface area contributed by atoms with Crippen molar-refractivity contribution in [2.45, 2.75) is 24.7 Å². The van der Waals surface area contributed by atoms with Gasteiger partial charge in [-0.1, -0.05) is 30.0 Å². The van der Waals surface area contributed by atoms with Crippen LogP contribution in [0, 0.1) is 13.8 Å². The summed E-state index contributed by atoms with van der Waals surface area (Å²) in [7, 11) is 0. The lowest BCUT2D eigenvalue weighted by Gasteiger charge is -2.06. The van der Waals surface area contributed by atoms with Crippen LogP contribution >= 0.6 is 23.1 Å². The van der Waals surface area contributed by atoms with Crippen LogP contribution in [0.25, 0.3) is 10.2 Å². The van der Waals surface area contributed by atoms with Gasteiger partial charge in [-0.2, -0.15) is 0 Å². The predicted molar refractivity (Wildman–Crippen MR) is 110 cm³/mol. The molecule has 0 fully saturated rings. The maximum Gasteiger partial charge on any atom is 0.316 e. The van der Waals surface area contributed by atoms with Crippen LogP contribution in [0.2, 0.25) is 0 Å². The number of aryl methyl sites for hydroxylation is 1. The van der Waals surface area contributed by atoms with Crippen molar-refractivity contribution >= 4 is 45.1 Å². The summed E-state index contributed by atoms with van der Waals surface area (Å²) in [6.07, 6.45) is 1.79. The van der Waals surface area contributed by atoms with E-state index in [9.17, 15) is 9.59 Å². The molecule has 1 aromatic carbocycles. The first-order valence-corrected chi connectivity index (χ1v) is 10.2. The van der Waals surface area contributed by atoms with Gasteiger partial charge in [-0.3, -0.25) is 9.59 Å². The van der Waals surface area contributed by atoms with Crippen LogP contribution in [0.3, 0.4) is 0 Å². The lowest BCUT2D eigenvalue weighted by molar-refractivity contribution is -0.139. The highest BCUT2D eigenvalue weighted by atomic mass is 32.2. The van der Waals surface area contributed by atoms with E-state index in [0.29, 0.717) is 12.1 Å². The number of benzene rings is 1. The number of ether oxygens (including phenoxy) is 1. The van der Waals surface area contributed by atoms with E-state index in [1.165, 1.54) is 23.1 Å². The molecule has 0 aliphatic rings. The van der Waals surface area contributed by atoms with Crippen LogP contribution in [-0.2, 0) is 16.1 Å². The average Bonchev–Trinajstić information content (AvgIpc) is 3.20. The molecule has 0 bridgehead atoms. The number of ketones is 1. The maximum absolute atomic E-state index is 12.4. The van der Waals surface area contributed by atoms with Crippen molar-refractivity contribution in [2.24, 2.45) is 0 Å². The van der Waals surface area contributed by atoms with Gasteiger partial charge in [0.05, 0.1) is 16.0 Å². The molecular weight excluding hydrogens is 380 g/mol. The van der Waals surface area contributed by atoms with Gasteiger partial charge in [0, 0.05) is 23.5 Å². The standard InChI is InChI=1S/C20H20N2O3S2/c1-4-9-22-13(2)10-15(14(22)3)17(23)11-25-19(24)12-26-20-21-16-7-5-6-8-18(16)27-20/h4-8,10H,1,9,11-12H2,2-3H3. The summed E-state index contributed by atoms with van der Waals surface area (Å²) in [5.74, 6) is -0.493. The molecule has 0 saturated heterocycles. The van der Waals surface area contributed by atoms with Crippen molar-refractivity contribution in [3.63, 3.8) is 0 Å². The van der Waals surface area contributed by atoms with Crippen LogP contribution in [0.5, 0.6) is 0 Å². The SMILES string of the molecule is C=CCn1c(C)cc(C(=O)COC(=O)CSc2nc3ccccc3s2)c1C. The molecule has 3 rings (SSSR count). The Balaban J connectivity index is 1.53. The first-order chi connectivity index (χ1) is 13.0. The first kappa shape index (κ1) is 19.4. The number of allylic oxidation sites excluding steroid dienone is 1. The number of fused-ring (bicyclic) bond motifs is 1. The maximum atomic E-state index is 12.4. The van der Waals surface area contributed by atoms with Crippen LogP contribution < -0.4 is 0 Å². The second-order valence-electron chi connectivity index (χ2n) is 6.00. The van der Waals surface area contributed by atoms with Gasteiger partial charge < -0.3 is 9.30 Å². The summed E-state index contributed by atoms with van der Waals surface area (Å²) in [5.41, 5.74) is 3.34. The molecule has 0 aliphatic heterocycles. The quantitative estimate of drug-likeness (QED) is 0.242. The van der Waals surface area contributed by atoms with Crippen molar-refractivity contribution in [3.05, 3.63) is 59.9 Å². The number of nitrogens with zero attached hydrogens (tertiary/aromatic N) is 2. The molecule has 0 atom stereocenters. The largest absolute Gasteiger partial charge is 0.457 e. The number of para-hydroxylation sites is 1. The number of carbonyl (C=O) groups is 2. The number of carbonyl (C=O) groups excluding carboxylic acids is 2. The Kier molecular flexibility index (Phi) is 6.13. The molecule has 0 N–H and O–H groups in total. The summed E-state index contributed by atoms with van der Waals surface area (Å²) in [6.45, 7) is 7.94. The molecule has 0 amide bonds. The molecule has 0 radical (unpaired) electrons. The molecule has 7 heteroatoms. The highest BCUT2D eigenvalue weighted by Gasteiger charge is 2.17. The second kappa shape index (κ2) is 8.54. The van der Waals surface area contributed by atoms with Gasteiger partial charge in [0.2, 0.25) is 5.78 Å². The molecule has 5 nitrogen and oxygen atoms in total. The van der Waals surface area contributed by atoms with Gasteiger partial charge in [-0.25, -0.2) is 4.98 Å². The Bertz CT molecular complexity index is 971. The van der Waals surface area contributed by atoms with Gasteiger partial charge in [-0.15, -0.1) is 17.9 Å². The van der Waals surface area contributed by atoms with E-state index in [2.05, 4.69) is 11.6 Å². The summed E-state index contributed by atoms with van der Waals surface area (Å²) in [5, 5.41) is 0. The van der Waals surface area contributed by atoms with E-state index in [-0.39, 0.29) is 18.1 Å². The Morgan fingerprint density at radius 2 is 2.11 bits per heavy atom. The minimum atomic E-state index is -0.424. The predicted octanol–water partition coefficient (Wildman–Crippen LogP) is 4.42. The van der Waals surface area contributed by atoms with Crippen LogP contribution in [0.1, 0.15) is 21.7 Å². The van der Waals surface area contributed by atoms with Gasteiger partial charge >= 0.3 is 5.97 Å². The Morgan fingerprint density at radius 1 is 1.33 bits per heavy atom. The third-order valence-electron chi connectivity index (χ3n) is 4.14. The molecule has 0 spiro atoms. The molecule has 2 heterocycles. The van der Waals surface area contributed by atoms with Crippen molar-refractivity contribution < 1.29 is 14.3 Å². The van der Waals surface area contributed by atoms with Gasteiger partial charge in [-0.05, 0) is 32.0 Å². The molecule has 0 saturated carbocycles. The summed E-state index contributed by atoms with van der Waals surface area (Å²) >= 11 is 2.86. The van der Waals surface area contributed by atoms with E-state index < -0.39 is 5.97 Å². The number of rotatable bonds is 8. The number of thiazole rings is 1. The number of hydrogen-bond donors (Lipinski definition) is 0. The van der Waals surface area contributed by atoms with Gasteiger partial charge in [0.1, 0.15) is 0 Å². The van der Waals surface area contributed by atoms with Crippen LogP contribution in [0.15, 0.2) is 47.3 Å². The Labute approximate surface area is 166 Å². The number of thioether (sulfide) groups is 1. The number of hydrogen-bond acceptors (Lipinski definition) is 6. The zero-order valence-corrected chi connectivity index (χ0v) is 16.9. The molecule has 0 aliphatic carbocycles. The summed E-state index contributed by atoms with van der Waals surface area (Å²) < 4.78 is 9.06. The van der Waals surface area contributed by atoms with E-state index in [1.807, 2.05) is 48.7 Å². The van der Waals surface area contributed by atoms with Crippen molar-refractivity contribution in [2.75, 3.05) is 12.4 Å².